The average molecular weight is 464 g/mol. The first-order valence-electron chi connectivity index (χ1n) is 11.7. The zero-order valence-electron chi connectivity index (χ0n) is 20.9. The first-order chi connectivity index (χ1) is 16.3. The molecule has 0 heterocycles. The molecule has 2 aromatic carbocycles. The number of amides is 1. The third-order valence-corrected chi connectivity index (χ3v) is 5.94. The number of carbonyl (C=O) groups is 2. The predicted molar refractivity (Wildman–Crippen MR) is 136 cm³/mol. The molecule has 2 atom stereocenters. The van der Waals surface area contributed by atoms with Gasteiger partial charge in [0.25, 0.3) is 0 Å². The molecule has 0 radical (unpaired) electrons. The van der Waals surface area contributed by atoms with E-state index in [1.165, 1.54) is 12.2 Å². The molecule has 5 nitrogen and oxygen atoms in total. The van der Waals surface area contributed by atoms with E-state index in [-0.39, 0.29) is 17.8 Å². The van der Waals surface area contributed by atoms with E-state index < -0.39 is 6.10 Å². The molecular weight excluding hydrogens is 426 g/mol. The molecule has 5 heteroatoms. The zero-order valence-corrected chi connectivity index (χ0v) is 20.9. The molecule has 0 fully saturated rings. The summed E-state index contributed by atoms with van der Waals surface area (Å²) in [5.74, 6) is -0.417. The number of nitrogens with zero attached hydrogens (tertiary/aromatic N) is 1. The summed E-state index contributed by atoms with van der Waals surface area (Å²) in [6.45, 7) is 11.6. The minimum absolute atomic E-state index is 0.0361. The fourth-order valence-corrected chi connectivity index (χ4v) is 4.19. The van der Waals surface area contributed by atoms with E-state index >= 15 is 0 Å². The van der Waals surface area contributed by atoms with Crippen molar-refractivity contribution < 1.29 is 19.2 Å². The Labute approximate surface area is 204 Å². The van der Waals surface area contributed by atoms with Gasteiger partial charge in [-0.15, -0.1) is 13.2 Å². The number of benzene rings is 2. The van der Waals surface area contributed by atoms with E-state index in [9.17, 15) is 9.59 Å². The van der Waals surface area contributed by atoms with Gasteiger partial charge in [-0.3, -0.25) is 9.63 Å². The topological polar surface area (TPSA) is 55.8 Å². The second-order valence-corrected chi connectivity index (χ2v) is 8.66. The van der Waals surface area contributed by atoms with Crippen LogP contribution in [0.25, 0.3) is 0 Å². The van der Waals surface area contributed by atoms with Gasteiger partial charge in [0, 0.05) is 19.9 Å². The number of hydroxylamine groups is 2. The van der Waals surface area contributed by atoms with Crippen molar-refractivity contribution in [2.45, 2.75) is 52.1 Å². The van der Waals surface area contributed by atoms with Gasteiger partial charge in [-0.25, -0.2) is 9.86 Å². The van der Waals surface area contributed by atoms with Crippen LogP contribution in [0.3, 0.4) is 0 Å². The summed E-state index contributed by atoms with van der Waals surface area (Å²) in [7, 11) is 3.08. The first kappa shape index (κ1) is 27.1. The number of esters is 1. The number of rotatable bonds is 13. The number of aryl methyl sites for hydroxylation is 2. The predicted octanol–water partition coefficient (Wildman–Crippen LogP) is 6.31. The van der Waals surface area contributed by atoms with Gasteiger partial charge in [0.05, 0.1) is 12.7 Å². The summed E-state index contributed by atoms with van der Waals surface area (Å²) in [5.41, 5.74) is 4.34. The second-order valence-electron chi connectivity index (χ2n) is 8.66. The van der Waals surface area contributed by atoms with Crippen LogP contribution in [-0.4, -0.2) is 31.1 Å². The van der Waals surface area contributed by atoms with E-state index in [1.807, 2.05) is 62.4 Å². The number of carbonyl (C=O) groups excluding carboxylic acids is 2. The van der Waals surface area contributed by atoms with Crippen molar-refractivity contribution in [3.8, 4) is 0 Å². The molecule has 2 aromatic rings. The Kier molecular flexibility index (Phi) is 10.8. The van der Waals surface area contributed by atoms with Crippen LogP contribution in [0.15, 0.2) is 67.8 Å². The van der Waals surface area contributed by atoms with Crippen molar-refractivity contribution in [3.63, 3.8) is 0 Å². The molecule has 1 unspecified atom stereocenters. The van der Waals surface area contributed by atoms with Crippen molar-refractivity contribution in [2.75, 3.05) is 14.2 Å². The Morgan fingerprint density at radius 2 is 1.79 bits per heavy atom. The standard InChI is InChI=1S/C29H37NO4/c1-7-9-14-23(20-27(31)30(5)33-6)19-25-18-21(3)17-22(4)28(25)29(32)34-26(13-8-2)24-15-11-10-12-16-24/h7-8,10-12,15-18,23,26H,1-2,9,13-14,19-20H2,3-6H3/t23?,26-/m1/s1. The van der Waals surface area contributed by atoms with E-state index in [2.05, 4.69) is 13.2 Å². The maximum Gasteiger partial charge on any atom is 0.339 e. The molecule has 34 heavy (non-hydrogen) atoms. The van der Waals surface area contributed by atoms with Crippen molar-refractivity contribution in [1.82, 2.24) is 5.06 Å². The normalized spacial score (nSPS) is 12.5. The summed E-state index contributed by atoms with van der Waals surface area (Å²) in [6, 6.07) is 13.7. The summed E-state index contributed by atoms with van der Waals surface area (Å²) >= 11 is 0. The highest BCUT2D eigenvalue weighted by atomic mass is 16.7. The molecule has 1 amide bonds. The van der Waals surface area contributed by atoms with Crippen molar-refractivity contribution >= 4 is 11.9 Å². The second kappa shape index (κ2) is 13.5. The molecule has 0 aliphatic carbocycles. The smallest absolute Gasteiger partial charge is 0.339 e. The molecule has 0 bridgehead atoms. The lowest BCUT2D eigenvalue weighted by molar-refractivity contribution is -0.169. The Hall–Kier alpha value is -3.18. The largest absolute Gasteiger partial charge is 0.454 e. The Morgan fingerprint density at radius 1 is 1.09 bits per heavy atom. The quantitative estimate of drug-likeness (QED) is 0.198. The van der Waals surface area contributed by atoms with Crippen LogP contribution in [0, 0.1) is 19.8 Å². The molecule has 2 rings (SSSR count). The van der Waals surface area contributed by atoms with Crippen molar-refractivity contribution in [3.05, 3.63) is 95.6 Å². The molecular formula is C29H37NO4. The van der Waals surface area contributed by atoms with Gasteiger partial charge < -0.3 is 4.74 Å². The number of allylic oxidation sites excluding steroid dienone is 1. The maximum absolute atomic E-state index is 13.5. The lowest BCUT2D eigenvalue weighted by atomic mass is 9.87. The number of hydrogen-bond acceptors (Lipinski definition) is 4. The fourth-order valence-electron chi connectivity index (χ4n) is 4.19. The van der Waals surface area contributed by atoms with E-state index in [0.717, 1.165) is 35.1 Å². The molecule has 0 aliphatic heterocycles. The Morgan fingerprint density at radius 3 is 2.41 bits per heavy atom. The molecule has 182 valence electrons. The first-order valence-corrected chi connectivity index (χ1v) is 11.7. The minimum atomic E-state index is -0.409. The molecule has 0 aliphatic rings. The van der Waals surface area contributed by atoms with Crippen LogP contribution in [0.2, 0.25) is 0 Å². The molecule has 0 spiro atoms. The summed E-state index contributed by atoms with van der Waals surface area (Å²) in [5, 5.41) is 1.25. The van der Waals surface area contributed by atoms with Crippen LogP contribution >= 0.6 is 0 Å². The van der Waals surface area contributed by atoms with Crippen molar-refractivity contribution in [1.29, 1.82) is 0 Å². The maximum atomic E-state index is 13.5. The monoisotopic (exact) mass is 463 g/mol. The zero-order chi connectivity index (χ0) is 25.1. The average Bonchev–Trinajstić information content (AvgIpc) is 2.81. The molecule has 0 saturated heterocycles. The van der Waals surface area contributed by atoms with Crippen LogP contribution in [0.4, 0.5) is 0 Å². The SMILES string of the molecule is C=CCCC(CC(=O)N(C)OC)Cc1cc(C)cc(C)c1C(=O)O[C@H](CC=C)c1ccccc1. The van der Waals surface area contributed by atoms with Gasteiger partial charge in [-0.05, 0) is 55.7 Å². The third kappa shape index (κ3) is 7.70. The van der Waals surface area contributed by atoms with Crippen LogP contribution in [0.5, 0.6) is 0 Å². The van der Waals surface area contributed by atoms with Gasteiger partial charge in [0.1, 0.15) is 6.10 Å². The fraction of sp³-hybridized carbons (Fsp3) is 0.379. The summed E-state index contributed by atoms with van der Waals surface area (Å²) in [4.78, 5) is 31.1. The molecule has 0 aromatic heterocycles. The minimum Gasteiger partial charge on any atom is -0.454 e. The summed E-state index contributed by atoms with van der Waals surface area (Å²) < 4.78 is 6.00. The lowest BCUT2D eigenvalue weighted by Crippen LogP contribution is -2.28. The summed E-state index contributed by atoms with van der Waals surface area (Å²) in [6.07, 6.45) is 6.21. The lowest BCUT2D eigenvalue weighted by Gasteiger charge is -2.23. The Balaban J connectivity index is 2.35. The van der Waals surface area contributed by atoms with Gasteiger partial charge in [0.15, 0.2) is 0 Å². The number of ether oxygens (including phenoxy) is 1. The highest BCUT2D eigenvalue weighted by molar-refractivity contribution is 5.93. The van der Waals surface area contributed by atoms with Gasteiger partial charge in [0.2, 0.25) is 5.91 Å². The van der Waals surface area contributed by atoms with Gasteiger partial charge >= 0.3 is 5.97 Å². The van der Waals surface area contributed by atoms with Gasteiger partial charge in [-0.2, -0.15) is 0 Å². The third-order valence-electron chi connectivity index (χ3n) is 5.94. The van der Waals surface area contributed by atoms with Crippen molar-refractivity contribution in [2.24, 2.45) is 5.92 Å². The highest BCUT2D eigenvalue weighted by Gasteiger charge is 2.24. The number of hydrogen-bond donors (Lipinski definition) is 0. The highest BCUT2D eigenvalue weighted by Crippen LogP contribution is 2.29. The van der Waals surface area contributed by atoms with E-state index in [4.69, 9.17) is 9.57 Å². The van der Waals surface area contributed by atoms with Gasteiger partial charge in [-0.1, -0.05) is 60.2 Å². The van der Waals surface area contributed by atoms with Crippen LogP contribution in [-0.2, 0) is 20.8 Å². The van der Waals surface area contributed by atoms with Crippen LogP contribution in [0.1, 0.15) is 64.4 Å². The molecule has 0 saturated carbocycles. The van der Waals surface area contributed by atoms with E-state index in [1.54, 1.807) is 13.1 Å². The van der Waals surface area contributed by atoms with E-state index in [0.29, 0.717) is 24.8 Å². The Bertz CT molecular complexity index is 983. The van der Waals surface area contributed by atoms with Crippen LogP contribution < -0.4 is 0 Å². The molecule has 0 N–H and O–H groups in total.